The lowest BCUT2D eigenvalue weighted by molar-refractivity contribution is -0.00508. The highest BCUT2D eigenvalue weighted by Gasteiger charge is 2.32. The lowest BCUT2D eigenvalue weighted by atomic mass is 9.95. The average Bonchev–Trinajstić information content (AvgIpc) is 2.60. The Balaban J connectivity index is 2.22. The number of hydrogen-bond donors (Lipinski definition) is 1. The van der Waals surface area contributed by atoms with Crippen LogP contribution >= 0.6 is 12.2 Å². The van der Waals surface area contributed by atoms with E-state index in [0.717, 1.165) is 31.9 Å². The summed E-state index contributed by atoms with van der Waals surface area (Å²) in [5, 5.41) is 7.07. The molecule has 0 radical (unpaired) electrons. The molecule has 1 saturated heterocycles. The Morgan fingerprint density at radius 1 is 1.56 bits per heavy atom. The molecule has 0 spiro atoms. The number of piperidine rings is 1. The Hall–Kier alpha value is -0.880. The van der Waals surface area contributed by atoms with Crippen LogP contribution in [0.5, 0.6) is 0 Å². The zero-order chi connectivity index (χ0) is 11.8. The minimum atomic E-state index is -0.0776. The third-order valence-corrected chi connectivity index (χ3v) is 3.66. The van der Waals surface area contributed by atoms with E-state index in [-0.39, 0.29) is 5.60 Å². The second-order valence-corrected chi connectivity index (χ2v) is 4.95. The molecule has 0 aromatic carbocycles. The quantitative estimate of drug-likeness (QED) is 0.798. The molecule has 1 fully saturated rings. The van der Waals surface area contributed by atoms with Gasteiger partial charge in [-0.25, -0.2) is 5.10 Å². The summed E-state index contributed by atoms with van der Waals surface area (Å²) in [5.74, 6) is 0.896. The zero-order valence-electron chi connectivity index (χ0n) is 9.99. The van der Waals surface area contributed by atoms with E-state index in [1.165, 1.54) is 0 Å². The number of rotatable bonds is 2. The minimum absolute atomic E-state index is 0.0776. The molecule has 0 aliphatic carbocycles. The number of hydrogen-bond acceptors (Lipinski definition) is 4. The van der Waals surface area contributed by atoms with Crippen molar-refractivity contribution in [1.82, 2.24) is 14.8 Å². The Morgan fingerprint density at radius 3 is 2.88 bits per heavy atom. The first-order valence-corrected chi connectivity index (χ1v) is 5.88. The third kappa shape index (κ3) is 1.99. The molecule has 0 bridgehead atoms. The van der Waals surface area contributed by atoms with Crippen molar-refractivity contribution in [3.63, 3.8) is 0 Å². The Morgan fingerprint density at radius 2 is 2.31 bits per heavy atom. The van der Waals surface area contributed by atoms with Crippen LogP contribution in [-0.4, -0.2) is 40.6 Å². The average molecular weight is 242 g/mol. The summed E-state index contributed by atoms with van der Waals surface area (Å²) in [6.07, 6.45) is 2.21. The number of aromatic nitrogens is 3. The van der Waals surface area contributed by atoms with Gasteiger partial charge in [-0.3, -0.25) is 4.57 Å². The van der Waals surface area contributed by atoms with Gasteiger partial charge in [-0.15, -0.1) is 5.10 Å². The highest BCUT2D eigenvalue weighted by atomic mass is 32.1. The van der Waals surface area contributed by atoms with Gasteiger partial charge >= 0.3 is 0 Å². The number of anilines is 1. The molecule has 2 rings (SSSR count). The summed E-state index contributed by atoms with van der Waals surface area (Å²) < 4.78 is 8.11. The first kappa shape index (κ1) is 11.6. The van der Waals surface area contributed by atoms with Crippen LogP contribution in [0.4, 0.5) is 5.95 Å². The monoisotopic (exact) mass is 242 g/mol. The molecule has 0 amide bonds. The molecule has 0 saturated carbocycles. The van der Waals surface area contributed by atoms with E-state index in [0.29, 0.717) is 4.77 Å². The molecule has 1 aliphatic heterocycles. The summed E-state index contributed by atoms with van der Waals surface area (Å²) in [6.45, 7) is 4.00. The van der Waals surface area contributed by atoms with E-state index in [1.54, 1.807) is 7.11 Å². The molecular weight excluding hydrogens is 224 g/mol. The van der Waals surface area contributed by atoms with Crippen LogP contribution in [0.1, 0.15) is 19.8 Å². The Kier molecular flexibility index (Phi) is 3.03. The summed E-state index contributed by atoms with van der Waals surface area (Å²) in [7, 11) is 3.70. The van der Waals surface area contributed by atoms with Crippen molar-refractivity contribution in [3.05, 3.63) is 4.77 Å². The molecule has 5 nitrogen and oxygen atoms in total. The maximum atomic E-state index is 5.56. The largest absolute Gasteiger partial charge is 0.377 e. The summed E-state index contributed by atoms with van der Waals surface area (Å²) in [6, 6.07) is 0. The second-order valence-electron chi connectivity index (χ2n) is 4.57. The van der Waals surface area contributed by atoms with Crippen molar-refractivity contribution in [2.75, 3.05) is 25.1 Å². The van der Waals surface area contributed by atoms with Crippen molar-refractivity contribution < 1.29 is 4.74 Å². The summed E-state index contributed by atoms with van der Waals surface area (Å²) in [5.41, 5.74) is -0.0776. The van der Waals surface area contributed by atoms with Crippen molar-refractivity contribution in [1.29, 1.82) is 0 Å². The van der Waals surface area contributed by atoms with E-state index >= 15 is 0 Å². The first-order chi connectivity index (χ1) is 7.56. The van der Waals surface area contributed by atoms with E-state index in [1.807, 2.05) is 11.6 Å². The van der Waals surface area contributed by atoms with Crippen LogP contribution in [0, 0.1) is 4.77 Å². The molecule has 90 valence electrons. The van der Waals surface area contributed by atoms with E-state index in [2.05, 4.69) is 22.0 Å². The topological polar surface area (TPSA) is 46.1 Å². The van der Waals surface area contributed by atoms with Gasteiger partial charge in [0.1, 0.15) is 0 Å². The maximum absolute atomic E-state index is 5.56. The standard InChI is InChI=1S/C10H18N4OS/c1-10(15-3)5-4-6-14(7-10)8-11-12-9(16)13(8)2/h4-7H2,1-3H3,(H,12,16). The number of aromatic amines is 1. The van der Waals surface area contributed by atoms with Crippen LogP contribution in [-0.2, 0) is 11.8 Å². The van der Waals surface area contributed by atoms with Gasteiger partial charge in [-0.1, -0.05) is 0 Å². The molecule has 1 atom stereocenters. The van der Waals surface area contributed by atoms with Gasteiger partial charge in [0.15, 0.2) is 4.77 Å². The van der Waals surface area contributed by atoms with Crippen LogP contribution in [0.25, 0.3) is 0 Å². The molecule has 1 aromatic heterocycles. The highest BCUT2D eigenvalue weighted by Crippen LogP contribution is 2.26. The molecule has 1 N–H and O–H groups in total. The van der Waals surface area contributed by atoms with Gasteiger partial charge in [0.25, 0.3) is 0 Å². The first-order valence-electron chi connectivity index (χ1n) is 5.47. The predicted molar refractivity (Wildman–Crippen MR) is 65.3 cm³/mol. The van der Waals surface area contributed by atoms with Gasteiger partial charge in [-0.05, 0) is 32.0 Å². The van der Waals surface area contributed by atoms with Crippen LogP contribution in [0.15, 0.2) is 0 Å². The molecule has 6 heteroatoms. The molecule has 2 heterocycles. The third-order valence-electron chi connectivity index (χ3n) is 3.29. The normalized spacial score (nSPS) is 26.1. The smallest absolute Gasteiger partial charge is 0.225 e. The number of ether oxygens (including phenoxy) is 1. The zero-order valence-corrected chi connectivity index (χ0v) is 10.8. The van der Waals surface area contributed by atoms with Gasteiger partial charge in [0.05, 0.1) is 5.60 Å². The fraction of sp³-hybridized carbons (Fsp3) is 0.800. The van der Waals surface area contributed by atoms with E-state index < -0.39 is 0 Å². The van der Waals surface area contributed by atoms with Gasteiger partial charge in [0, 0.05) is 27.2 Å². The van der Waals surface area contributed by atoms with Gasteiger partial charge in [-0.2, -0.15) is 0 Å². The van der Waals surface area contributed by atoms with Gasteiger partial charge in [0.2, 0.25) is 5.95 Å². The SMILES string of the molecule is COC1(C)CCCN(c2n[nH]c(=S)n2C)C1. The lowest BCUT2D eigenvalue weighted by Crippen LogP contribution is -2.48. The fourth-order valence-electron chi connectivity index (χ4n) is 2.16. The fourth-order valence-corrected chi connectivity index (χ4v) is 2.29. The number of nitrogens with one attached hydrogen (secondary N) is 1. The highest BCUT2D eigenvalue weighted by molar-refractivity contribution is 7.71. The van der Waals surface area contributed by atoms with E-state index in [4.69, 9.17) is 17.0 Å². The van der Waals surface area contributed by atoms with Crippen LogP contribution < -0.4 is 4.90 Å². The second kappa shape index (κ2) is 4.18. The number of H-pyrrole nitrogens is 1. The Labute approximate surface area is 100 Å². The van der Waals surface area contributed by atoms with Crippen LogP contribution in [0.2, 0.25) is 0 Å². The predicted octanol–water partition coefficient (Wildman–Crippen LogP) is 1.48. The summed E-state index contributed by atoms with van der Waals surface area (Å²) >= 11 is 5.12. The minimum Gasteiger partial charge on any atom is -0.377 e. The van der Waals surface area contributed by atoms with Crippen molar-refractivity contribution in [2.45, 2.75) is 25.4 Å². The molecule has 1 aromatic rings. The molecule has 1 unspecified atom stereocenters. The lowest BCUT2D eigenvalue weighted by Gasteiger charge is -2.39. The number of nitrogens with zero attached hydrogens (tertiary/aromatic N) is 3. The van der Waals surface area contributed by atoms with E-state index in [9.17, 15) is 0 Å². The van der Waals surface area contributed by atoms with Crippen LogP contribution in [0.3, 0.4) is 0 Å². The Bertz CT molecular complexity index is 427. The molecule has 1 aliphatic rings. The molecular formula is C10H18N4OS. The van der Waals surface area contributed by atoms with Crippen molar-refractivity contribution >= 4 is 18.2 Å². The summed E-state index contributed by atoms with van der Waals surface area (Å²) in [4.78, 5) is 2.22. The van der Waals surface area contributed by atoms with Crippen molar-refractivity contribution in [2.24, 2.45) is 7.05 Å². The van der Waals surface area contributed by atoms with Gasteiger partial charge < -0.3 is 9.64 Å². The van der Waals surface area contributed by atoms with Crippen molar-refractivity contribution in [3.8, 4) is 0 Å². The maximum Gasteiger partial charge on any atom is 0.225 e. The number of methoxy groups -OCH3 is 1. The molecule has 16 heavy (non-hydrogen) atoms.